The molecule has 182 valence electrons. The van der Waals surface area contributed by atoms with Gasteiger partial charge in [0.25, 0.3) is 0 Å². The van der Waals surface area contributed by atoms with Gasteiger partial charge in [-0.2, -0.15) is 0 Å². The average molecular weight is 447 g/mol. The van der Waals surface area contributed by atoms with E-state index in [0.717, 1.165) is 36.0 Å². The third-order valence-corrected chi connectivity index (χ3v) is 8.73. The maximum atomic E-state index is 5.68. The Balaban J connectivity index is 1.40. The van der Waals surface area contributed by atoms with Gasteiger partial charge in [0.05, 0.1) is 0 Å². The van der Waals surface area contributed by atoms with E-state index in [0.29, 0.717) is 0 Å². The zero-order valence-corrected chi connectivity index (χ0v) is 22.0. The fourth-order valence-electron chi connectivity index (χ4n) is 6.88. The molecule has 0 heterocycles. The molecule has 0 amide bonds. The van der Waals surface area contributed by atoms with Gasteiger partial charge in [-0.1, -0.05) is 79.7 Å². The Morgan fingerprint density at radius 3 is 2.79 bits per heavy atom. The van der Waals surface area contributed by atoms with Crippen molar-refractivity contribution in [2.75, 3.05) is 0 Å². The predicted molar refractivity (Wildman–Crippen MR) is 146 cm³/mol. The molecule has 0 aliphatic heterocycles. The summed E-state index contributed by atoms with van der Waals surface area (Å²) in [7, 11) is 0. The molecule has 2 fully saturated rings. The lowest BCUT2D eigenvalue weighted by atomic mass is 9.71. The molecular formula is C33H50. The summed E-state index contributed by atoms with van der Waals surface area (Å²) in [6.45, 7) is 6.96. The molecule has 3 rings (SSSR count). The number of terminal acetylenes is 1. The normalized spacial score (nSPS) is 31.6. The molecule has 0 radical (unpaired) electrons. The van der Waals surface area contributed by atoms with Gasteiger partial charge in [0.2, 0.25) is 0 Å². The Kier molecular flexibility index (Phi) is 11.1. The summed E-state index contributed by atoms with van der Waals surface area (Å²) in [6.07, 6.45) is 37.6. The SMILES string of the molecule is C#CCC1CC(C/C=C(\C)CC/C=C/C=C2\CCC3CC(C)=CCC23)CC(CCCCC)C1. The first-order valence-electron chi connectivity index (χ1n) is 14.2. The lowest BCUT2D eigenvalue weighted by Crippen LogP contribution is -2.22. The van der Waals surface area contributed by atoms with Crippen LogP contribution in [0.1, 0.15) is 117 Å². The molecule has 3 aliphatic rings. The summed E-state index contributed by atoms with van der Waals surface area (Å²) in [6, 6.07) is 0. The van der Waals surface area contributed by atoms with Crippen molar-refractivity contribution in [1.29, 1.82) is 0 Å². The molecule has 0 bridgehead atoms. The number of hydrogen-bond acceptors (Lipinski definition) is 0. The van der Waals surface area contributed by atoms with Crippen LogP contribution in [0.5, 0.6) is 0 Å². The predicted octanol–water partition coefficient (Wildman–Crippen LogP) is 9.99. The number of hydrogen-bond donors (Lipinski definition) is 0. The topological polar surface area (TPSA) is 0 Å². The summed E-state index contributed by atoms with van der Waals surface area (Å²) in [5.74, 6) is 7.24. The monoisotopic (exact) mass is 446 g/mol. The minimum absolute atomic E-state index is 0.767. The van der Waals surface area contributed by atoms with Crippen LogP contribution in [-0.2, 0) is 0 Å². The highest BCUT2D eigenvalue weighted by atomic mass is 14.4. The van der Waals surface area contributed by atoms with E-state index in [1.54, 1.807) is 16.7 Å². The Morgan fingerprint density at radius 2 is 1.97 bits per heavy atom. The summed E-state index contributed by atoms with van der Waals surface area (Å²) in [4.78, 5) is 0. The second-order valence-corrected chi connectivity index (χ2v) is 11.6. The third kappa shape index (κ3) is 8.67. The second-order valence-electron chi connectivity index (χ2n) is 11.6. The van der Waals surface area contributed by atoms with Crippen molar-refractivity contribution in [2.24, 2.45) is 29.6 Å². The van der Waals surface area contributed by atoms with Crippen LogP contribution in [0.3, 0.4) is 0 Å². The highest BCUT2D eigenvalue weighted by Crippen LogP contribution is 2.45. The molecule has 5 unspecified atom stereocenters. The van der Waals surface area contributed by atoms with Gasteiger partial charge in [-0.3, -0.25) is 0 Å². The Bertz CT molecular complexity index is 751. The van der Waals surface area contributed by atoms with E-state index < -0.39 is 0 Å². The number of allylic oxidation sites excluding steroid dienone is 8. The van der Waals surface area contributed by atoms with E-state index in [1.165, 1.54) is 89.9 Å². The van der Waals surface area contributed by atoms with Crippen LogP contribution in [-0.4, -0.2) is 0 Å². The molecule has 0 aromatic carbocycles. The van der Waals surface area contributed by atoms with Gasteiger partial charge >= 0.3 is 0 Å². The Morgan fingerprint density at radius 1 is 1.15 bits per heavy atom. The van der Waals surface area contributed by atoms with E-state index >= 15 is 0 Å². The van der Waals surface area contributed by atoms with Gasteiger partial charge in [0.1, 0.15) is 0 Å². The van der Waals surface area contributed by atoms with Gasteiger partial charge < -0.3 is 0 Å². The van der Waals surface area contributed by atoms with Crippen LogP contribution in [0.15, 0.2) is 47.1 Å². The molecule has 0 aromatic heterocycles. The van der Waals surface area contributed by atoms with E-state index in [2.05, 4.69) is 57.1 Å². The standard InChI is InChI=1S/C33H50/c1-5-7-9-14-29-23-28(12-6-2)24-30(25-29)18-16-26(3)13-10-8-11-15-31-19-20-32-22-27(4)17-21-33(31)32/h2,8,11,15-17,28-30,32-33H,5,7,9-10,12-14,18-25H2,1,3-4H3/b11-8+,26-16+,31-15+. The first-order valence-corrected chi connectivity index (χ1v) is 14.2. The van der Waals surface area contributed by atoms with Crippen molar-refractivity contribution >= 4 is 0 Å². The highest BCUT2D eigenvalue weighted by Gasteiger charge is 2.32. The van der Waals surface area contributed by atoms with Crippen molar-refractivity contribution in [1.82, 2.24) is 0 Å². The summed E-state index contributed by atoms with van der Waals surface area (Å²) in [5.41, 5.74) is 4.89. The molecule has 5 atom stereocenters. The molecule has 2 saturated carbocycles. The molecular weight excluding hydrogens is 396 g/mol. The van der Waals surface area contributed by atoms with Gasteiger partial charge in [-0.05, 0) is 108 Å². The van der Waals surface area contributed by atoms with Crippen LogP contribution < -0.4 is 0 Å². The molecule has 0 spiro atoms. The summed E-state index contributed by atoms with van der Waals surface area (Å²) in [5, 5.41) is 0. The maximum absolute atomic E-state index is 5.68. The number of unbranched alkanes of at least 4 members (excludes halogenated alkanes) is 2. The highest BCUT2D eigenvalue weighted by molar-refractivity contribution is 5.24. The van der Waals surface area contributed by atoms with Crippen molar-refractivity contribution in [3.63, 3.8) is 0 Å². The summed E-state index contributed by atoms with van der Waals surface area (Å²) >= 11 is 0. The van der Waals surface area contributed by atoms with E-state index in [-0.39, 0.29) is 0 Å². The van der Waals surface area contributed by atoms with Crippen LogP contribution >= 0.6 is 0 Å². The van der Waals surface area contributed by atoms with Crippen LogP contribution in [0.4, 0.5) is 0 Å². The van der Waals surface area contributed by atoms with Gasteiger partial charge in [0, 0.05) is 6.42 Å². The van der Waals surface area contributed by atoms with Gasteiger partial charge in [-0.25, -0.2) is 0 Å². The van der Waals surface area contributed by atoms with E-state index in [4.69, 9.17) is 6.42 Å². The van der Waals surface area contributed by atoms with Gasteiger partial charge in [0.15, 0.2) is 0 Å². The molecule has 0 saturated heterocycles. The Labute approximate surface area is 206 Å². The minimum Gasteiger partial charge on any atom is -0.120 e. The second kappa shape index (κ2) is 14.0. The first-order chi connectivity index (χ1) is 16.1. The third-order valence-electron chi connectivity index (χ3n) is 8.73. The molecule has 33 heavy (non-hydrogen) atoms. The van der Waals surface area contributed by atoms with Crippen LogP contribution in [0.2, 0.25) is 0 Å². The van der Waals surface area contributed by atoms with Crippen molar-refractivity contribution in [2.45, 2.75) is 117 Å². The van der Waals surface area contributed by atoms with E-state index in [9.17, 15) is 0 Å². The average Bonchev–Trinajstić information content (AvgIpc) is 3.19. The van der Waals surface area contributed by atoms with Gasteiger partial charge in [-0.15, -0.1) is 12.3 Å². The van der Waals surface area contributed by atoms with Crippen LogP contribution in [0.25, 0.3) is 0 Å². The zero-order valence-electron chi connectivity index (χ0n) is 22.0. The molecule has 0 nitrogen and oxygen atoms in total. The van der Waals surface area contributed by atoms with Crippen LogP contribution in [0, 0.1) is 41.9 Å². The minimum atomic E-state index is 0.767. The molecule has 3 aliphatic carbocycles. The van der Waals surface area contributed by atoms with Crippen molar-refractivity contribution < 1.29 is 0 Å². The number of rotatable bonds is 11. The van der Waals surface area contributed by atoms with E-state index in [1.807, 2.05) is 0 Å². The van der Waals surface area contributed by atoms with Crippen molar-refractivity contribution in [3.05, 3.63) is 47.1 Å². The lowest BCUT2D eigenvalue weighted by Gasteiger charge is -2.34. The Hall–Kier alpha value is -1.48. The smallest absolute Gasteiger partial charge is 0.0115 e. The van der Waals surface area contributed by atoms with Crippen molar-refractivity contribution in [3.8, 4) is 12.3 Å². The number of fused-ring (bicyclic) bond motifs is 1. The molecule has 0 N–H and O–H groups in total. The molecule has 0 heteroatoms. The molecule has 0 aromatic rings. The zero-order chi connectivity index (χ0) is 23.5. The fourth-order valence-corrected chi connectivity index (χ4v) is 6.88. The fraction of sp³-hybridized carbons (Fsp3) is 0.697. The summed E-state index contributed by atoms with van der Waals surface area (Å²) < 4.78 is 0. The largest absolute Gasteiger partial charge is 0.120 e. The maximum Gasteiger partial charge on any atom is 0.0115 e. The lowest BCUT2D eigenvalue weighted by molar-refractivity contribution is 0.187. The first kappa shape index (κ1) is 26.1. The quantitative estimate of drug-likeness (QED) is 0.168.